The molecule has 15 heavy (non-hydrogen) atoms. The minimum Gasteiger partial charge on any atom is -0.394 e. The first-order valence-corrected chi connectivity index (χ1v) is 5.79. The van der Waals surface area contributed by atoms with Crippen molar-refractivity contribution in [3.8, 4) is 0 Å². The highest BCUT2D eigenvalue weighted by atomic mass is 127. The van der Waals surface area contributed by atoms with E-state index in [4.69, 9.17) is 12.9 Å². The zero-order valence-electron chi connectivity index (χ0n) is 8.76. The zero-order chi connectivity index (χ0) is 11.6. The molecule has 1 aliphatic rings. The topological polar surface area (TPSA) is 79.2 Å². The molecule has 0 saturated carbocycles. The van der Waals surface area contributed by atoms with E-state index < -0.39 is 24.1 Å². The van der Waals surface area contributed by atoms with Gasteiger partial charge in [-0.15, -0.1) is 0 Å². The molecule has 0 aromatic rings. The minimum atomic E-state index is -1.21. The Morgan fingerprint density at radius 1 is 1.47 bits per heavy atom. The van der Waals surface area contributed by atoms with E-state index in [1.165, 1.54) is 0 Å². The Morgan fingerprint density at radius 2 is 2.07 bits per heavy atom. The standard InChI is InChI=1S/C9H17IO5/c1-5(2)3-9(15-10)8(13)7(12)6(4-11)14-9/h5-8,11-13H,3-4H2,1-2H3/t6-,7-,8+,9+/m1/s1. The molecule has 3 N–H and O–H groups in total. The first-order valence-electron chi connectivity index (χ1n) is 4.91. The Bertz CT molecular complexity index is 213. The van der Waals surface area contributed by atoms with E-state index in [9.17, 15) is 10.2 Å². The number of rotatable bonds is 4. The predicted octanol–water partition coefficient (Wildman–Crippen LogP) is 0.208. The highest BCUT2D eigenvalue weighted by Gasteiger charge is 2.55. The summed E-state index contributed by atoms with van der Waals surface area (Å²) in [5, 5.41) is 28.4. The minimum absolute atomic E-state index is 0.249. The molecule has 5 nitrogen and oxygen atoms in total. The van der Waals surface area contributed by atoms with Gasteiger partial charge in [0, 0.05) is 6.42 Å². The molecule has 1 aliphatic heterocycles. The second-order valence-corrected chi connectivity index (χ2v) is 4.70. The molecule has 90 valence electrons. The van der Waals surface area contributed by atoms with Crippen LogP contribution in [0.2, 0.25) is 0 Å². The number of halogens is 1. The maximum absolute atomic E-state index is 9.84. The number of aliphatic hydroxyl groups excluding tert-OH is 3. The largest absolute Gasteiger partial charge is 0.394 e. The second kappa shape index (κ2) is 5.24. The van der Waals surface area contributed by atoms with E-state index in [2.05, 4.69) is 0 Å². The van der Waals surface area contributed by atoms with Crippen LogP contribution in [0, 0.1) is 5.92 Å². The van der Waals surface area contributed by atoms with Crippen LogP contribution in [0.3, 0.4) is 0 Å². The van der Waals surface area contributed by atoms with Gasteiger partial charge in [0.15, 0.2) is 0 Å². The fourth-order valence-electron chi connectivity index (χ4n) is 1.84. The van der Waals surface area contributed by atoms with Gasteiger partial charge in [0.25, 0.3) is 0 Å². The first-order chi connectivity index (χ1) is 6.96. The molecule has 1 rings (SSSR count). The molecule has 6 heteroatoms. The maximum atomic E-state index is 9.84. The normalized spacial score (nSPS) is 41.4. The monoisotopic (exact) mass is 332 g/mol. The summed E-state index contributed by atoms with van der Waals surface area (Å²) in [6.07, 6.45) is -2.56. The highest BCUT2D eigenvalue weighted by Crippen LogP contribution is 2.38. The van der Waals surface area contributed by atoms with Crippen molar-refractivity contribution in [3.63, 3.8) is 0 Å². The lowest BCUT2D eigenvalue weighted by Gasteiger charge is -2.30. The lowest BCUT2D eigenvalue weighted by molar-refractivity contribution is -0.202. The van der Waals surface area contributed by atoms with Crippen LogP contribution in [0.25, 0.3) is 0 Å². The van der Waals surface area contributed by atoms with Crippen molar-refractivity contribution in [2.24, 2.45) is 5.92 Å². The SMILES string of the molecule is CC(C)C[C@@]1(OI)O[C@H](CO)[C@@H](O)[C@@H]1O. The van der Waals surface area contributed by atoms with E-state index in [0.29, 0.717) is 6.42 Å². The lowest BCUT2D eigenvalue weighted by atomic mass is 9.96. The Morgan fingerprint density at radius 3 is 2.40 bits per heavy atom. The molecule has 0 aromatic heterocycles. The summed E-state index contributed by atoms with van der Waals surface area (Å²) >= 11 is 1.65. The van der Waals surface area contributed by atoms with Crippen molar-refractivity contribution in [2.45, 2.75) is 44.4 Å². The number of ether oxygens (including phenoxy) is 1. The number of aliphatic hydroxyl groups is 3. The van der Waals surface area contributed by atoms with Gasteiger partial charge < -0.3 is 20.1 Å². The van der Waals surface area contributed by atoms with E-state index in [1.807, 2.05) is 13.8 Å². The summed E-state index contributed by atoms with van der Waals surface area (Å²) in [5.74, 6) is -0.958. The van der Waals surface area contributed by atoms with Gasteiger partial charge >= 0.3 is 0 Å². The third-order valence-electron chi connectivity index (χ3n) is 2.51. The third-order valence-corrected chi connectivity index (χ3v) is 3.25. The summed E-state index contributed by atoms with van der Waals surface area (Å²) in [6, 6.07) is 0. The van der Waals surface area contributed by atoms with Gasteiger partial charge in [-0.1, -0.05) is 13.8 Å². The molecule has 0 spiro atoms. The Labute approximate surface area is 103 Å². The van der Waals surface area contributed by atoms with Gasteiger partial charge in [-0.3, -0.25) is 3.07 Å². The average Bonchev–Trinajstić information content (AvgIpc) is 2.42. The molecular formula is C9H17IO5. The first kappa shape index (κ1) is 13.6. The smallest absolute Gasteiger partial charge is 0.208 e. The van der Waals surface area contributed by atoms with Crippen LogP contribution in [-0.4, -0.2) is 46.0 Å². The number of hydrogen-bond donors (Lipinski definition) is 3. The average molecular weight is 332 g/mol. The van der Waals surface area contributed by atoms with Gasteiger partial charge in [-0.05, 0) is 5.92 Å². The summed E-state index contributed by atoms with van der Waals surface area (Å²) in [7, 11) is 0. The molecule has 0 radical (unpaired) electrons. The van der Waals surface area contributed by atoms with Crippen LogP contribution in [0.4, 0.5) is 0 Å². The second-order valence-electron chi connectivity index (χ2n) is 4.26. The molecule has 4 atom stereocenters. The van der Waals surface area contributed by atoms with Gasteiger partial charge in [-0.25, -0.2) is 0 Å². The zero-order valence-corrected chi connectivity index (χ0v) is 10.9. The van der Waals surface area contributed by atoms with Gasteiger partial charge in [0.1, 0.15) is 41.3 Å². The molecule has 1 saturated heterocycles. The van der Waals surface area contributed by atoms with Crippen LogP contribution >= 0.6 is 23.0 Å². The van der Waals surface area contributed by atoms with Crippen molar-refractivity contribution in [3.05, 3.63) is 0 Å². The van der Waals surface area contributed by atoms with Crippen LogP contribution in [0.1, 0.15) is 20.3 Å². The Balaban J connectivity index is 2.81. The van der Waals surface area contributed by atoms with Gasteiger partial charge in [0.2, 0.25) is 5.79 Å². The molecule has 1 heterocycles. The van der Waals surface area contributed by atoms with Gasteiger partial charge in [-0.2, -0.15) is 0 Å². The van der Waals surface area contributed by atoms with Crippen molar-refractivity contribution in [1.29, 1.82) is 0 Å². The number of hydrogen-bond acceptors (Lipinski definition) is 5. The van der Waals surface area contributed by atoms with Crippen molar-refractivity contribution in [2.75, 3.05) is 6.61 Å². The fourth-order valence-corrected chi connectivity index (χ4v) is 2.38. The molecular weight excluding hydrogens is 315 g/mol. The van der Waals surface area contributed by atoms with Crippen LogP contribution in [0.5, 0.6) is 0 Å². The van der Waals surface area contributed by atoms with Crippen molar-refractivity contribution < 1.29 is 23.1 Å². The van der Waals surface area contributed by atoms with E-state index in [-0.39, 0.29) is 12.5 Å². The van der Waals surface area contributed by atoms with Crippen LogP contribution < -0.4 is 0 Å². The fraction of sp³-hybridized carbons (Fsp3) is 1.00. The molecule has 0 aromatic carbocycles. The van der Waals surface area contributed by atoms with E-state index in [1.54, 1.807) is 23.0 Å². The Hall–Kier alpha value is 0.530. The lowest BCUT2D eigenvalue weighted by Crippen LogP contribution is -2.44. The quantitative estimate of drug-likeness (QED) is 0.642. The third kappa shape index (κ3) is 2.62. The maximum Gasteiger partial charge on any atom is 0.208 e. The highest BCUT2D eigenvalue weighted by molar-refractivity contribution is 14.1. The van der Waals surface area contributed by atoms with Crippen molar-refractivity contribution in [1.82, 2.24) is 0 Å². The molecule has 1 fully saturated rings. The molecule has 0 aliphatic carbocycles. The molecule has 0 bridgehead atoms. The van der Waals surface area contributed by atoms with Gasteiger partial charge in [0.05, 0.1) is 6.61 Å². The summed E-state index contributed by atoms with van der Waals surface area (Å²) < 4.78 is 10.6. The van der Waals surface area contributed by atoms with Crippen LogP contribution in [0.15, 0.2) is 0 Å². The summed E-state index contributed by atoms with van der Waals surface area (Å²) in [5.41, 5.74) is 0. The van der Waals surface area contributed by atoms with E-state index >= 15 is 0 Å². The summed E-state index contributed by atoms with van der Waals surface area (Å²) in [6.45, 7) is 3.59. The summed E-state index contributed by atoms with van der Waals surface area (Å²) in [4.78, 5) is 0. The molecule has 0 unspecified atom stereocenters. The molecule has 0 amide bonds. The predicted molar refractivity (Wildman–Crippen MR) is 61.3 cm³/mol. The van der Waals surface area contributed by atoms with E-state index in [0.717, 1.165) is 0 Å². The Kier molecular flexibility index (Phi) is 4.75. The van der Waals surface area contributed by atoms with Crippen LogP contribution in [-0.2, 0) is 7.80 Å². The van der Waals surface area contributed by atoms with Crippen molar-refractivity contribution >= 4 is 23.0 Å².